The number of amides is 3. The summed E-state index contributed by atoms with van der Waals surface area (Å²) in [5.41, 5.74) is 1.58. The van der Waals surface area contributed by atoms with Crippen LogP contribution in [0.5, 0.6) is 0 Å². The number of benzene rings is 1. The molecule has 1 saturated heterocycles. The molecule has 0 radical (unpaired) electrons. The van der Waals surface area contributed by atoms with Gasteiger partial charge in [0.2, 0.25) is 0 Å². The van der Waals surface area contributed by atoms with Crippen molar-refractivity contribution in [3.8, 4) is 0 Å². The highest BCUT2D eigenvalue weighted by Crippen LogP contribution is 2.17. The van der Waals surface area contributed by atoms with Crippen molar-refractivity contribution in [3.63, 3.8) is 0 Å². The molecule has 7 nitrogen and oxygen atoms in total. The van der Waals surface area contributed by atoms with Crippen molar-refractivity contribution in [2.45, 2.75) is 39.2 Å². The maximum absolute atomic E-state index is 12.4. The Bertz CT molecular complexity index is 822. The highest BCUT2D eigenvalue weighted by atomic mass is 16.2. The number of para-hydroxylation sites is 2. The molecule has 7 heteroatoms. The molecule has 3 amide bonds. The third-order valence-corrected chi connectivity index (χ3v) is 4.62. The molecule has 1 aliphatic rings. The molecular weight excluding hydrogens is 342 g/mol. The van der Waals surface area contributed by atoms with Crippen LogP contribution in [0.15, 0.2) is 30.5 Å². The number of nitrogens with one attached hydrogen (secondary N) is 2. The van der Waals surface area contributed by atoms with Gasteiger partial charge in [-0.25, -0.2) is 9.78 Å². The number of piperidine rings is 1. The molecule has 0 unspecified atom stereocenters. The number of rotatable bonds is 3. The molecule has 27 heavy (non-hydrogen) atoms. The van der Waals surface area contributed by atoms with Gasteiger partial charge in [-0.15, -0.1) is 0 Å². The standard InChI is InChI=1S/C20H27N5O2/c1-20(2,3)24-19(27)25-10-8-14(9-11-25)12-22-18(26)17-13-21-15-6-4-5-7-16(15)23-17/h4-7,13-14H,8-12H2,1-3H3,(H,22,26)(H,24,27). The van der Waals surface area contributed by atoms with Gasteiger partial charge in [0.05, 0.1) is 17.2 Å². The fourth-order valence-corrected chi connectivity index (χ4v) is 3.13. The lowest BCUT2D eigenvalue weighted by atomic mass is 9.97. The summed E-state index contributed by atoms with van der Waals surface area (Å²) in [6, 6.07) is 7.47. The van der Waals surface area contributed by atoms with E-state index < -0.39 is 0 Å². The second-order valence-corrected chi connectivity index (χ2v) is 8.06. The smallest absolute Gasteiger partial charge is 0.317 e. The van der Waals surface area contributed by atoms with Gasteiger partial charge in [-0.3, -0.25) is 9.78 Å². The monoisotopic (exact) mass is 369 g/mol. The van der Waals surface area contributed by atoms with Crippen LogP contribution in [-0.2, 0) is 0 Å². The van der Waals surface area contributed by atoms with Crippen molar-refractivity contribution in [1.29, 1.82) is 0 Å². The molecule has 0 atom stereocenters. The normalized spacial score (nSPS) is 15.6. The predicted molar refractivity (Wildman–Crippen MR) is 104 cm³/mol. The summed E-state index contributed by atoms with van der Waals surface area (Å²) in [7, 11) is 0. The summed E-state index contributed by atoms with van der Waals surface area (Å²) in [5.74, 6) is 0.155. The summed E-state index contributed by atoms with van der Waals surface area (Å²) >= 11 is 0. The molecule has 1 aromatic carbocycles. The minimum Gasteiger partial charge on any atom is -0.350 e. The second-order valence-electron chi connectivity index (χ2n) is 8.06. The number of aromatic nitrogens is 2. The van der Waals surface area contributed by atoms with Gasteiger partial charge in [0, 0.05) is 25.2 Å². The van der Waals surface area contributed by atoms with Crippen LogP contribution in [0.4, 0.5) is 4.79 Å². The molecule has 2 N–H and O–H groups in total. The number of hydrogen-bond acceptors (Lipinski definition) is 4. The van der Waals surface area contributed by atoms with Gasteiger partial charge >= 0.3 is 6.03 Å². The number of urea groups is 1. The van der Waals surface area contributed by atoms with E-state index in [4.69, 9.17) is 0 Å². The van der Waals surface area contributed by atoms with E-state index in [-0.39, 0.29) is 17.5 Å². The molecule has 3 rings (SSSR count). The van der Waals surface area contributed by atoms with Crippen molar-refractivity contribution < 1.29 is 9.59 Å². The molecule has 2 heterocycles. The topological polar surface area (TPSA) is 87.2 Å². The molecule has 0 spiro atoms. The van der Waals surface area contributed by atoms with Crippen molar-refractivity contribution in [2.75, 3.05) is 19.6 Å². The predicted octanol–water partition coefficient (Wildman–Crippen LogP) is 2.58. The van der Waals surface area contributed by atoms with Crippen LogP contribution in [-0.4, -0.2) is 52.0 Å². The highest BCUT2D eigenvalue weighted by Gasteiger charge is 2.25. The summed E-state index contributed by atoms with van der Waals surface area (Å²) < 4.78 is 0. The van der Waals surface area contributed by atoms with Gasteiger partial charge in [0.25, 0.3) is 5.91 Å². The summed E-state index contributed by atoms with van der Waals surface area (Å²) in [6.07, 6.45) is 3.26. The van der Waals surface area contributed by atoms with Crippen molar-refractivity contribution >= 4 is 23.0 Å². The third-order valence-electron chi connectivity index (χ3n) is 4.62. The lowest BCUT2D eigenvalue weighted by Gasteiger charge is -2.34. The summed E-state index contributed by atoms with van der Waals surface area (Å²) in [4.78, 5) is 35.1. The highest BCUT2D eigenvalue weighted by molar-refractivity contribution is 5.93. The number of carbonyl (C=O) groups excluding carboxylic acids is 2. The Balaban J connectivity index is 1.48. The number of hydrogen-bond donors (Lipinski definition) is 2. The zero-order chi connectivity index (χ0) is 19.4. The Morgan fingerprint density at radius 3 is 2.48 bits per heavy atom. The van der Waals surface area contributed by atoms with Gasteiger partial charge in [-0.1, -0.05) is 12.1 Å². The van der Waals surface area contributed by atoms with E-state index in [9.17, 15) is 9.59 Å². The van der Waals surface area contributed by atoms with Crippen LogP contribution in [0.25, 0.3) is 11.0 Å². The quantitative estimate of drug-likeness (QED) is 0.870. The summed E-state index contributed by atoms with van der Waals surface area (Å²) in [6.45, 7) is 7.92. The van der Waals surface area contributed by atoms with Gasteiger partial charge in [-0.05, 0) is 51.7 Å². The van der Waals surface area contributed by atoms with Crippen molar-refractivity contribution in [2.24, 2.45) is 5.92 Å². The zero-order valence-corrected chi connectivity index (χ0v) is 16.2. The molecule has 1 aliphatic heterocycles. The molecule has 2 aromatic rings. The first-order valence-corrected chi connectivity index (χ1v) is 9.39. The molecule has 1 fully saturated rings. The van der Waals surface area contributed by atoms with Crippen LogP contribution < -0.4 is 10.6 Å². The molecule has 0 saturated carbocycles. The fourth-order valence-electron chi connectivity index (χ4n) is 3.13. The van der Waals surface area contributed by atoms with E-state index in [0.29, 0.717) is 36.8 Å². The Morgan fingerprint density at radius 1 is 1.15 bits per heavy atom. The van der Waals surface area contributed by atoms with Gasteiger partial charge in [0.15, 0.2) is 0 Å². The maximum atomic E-state index is 12.4. The van der Waals surface area contributed by atoms with Crippen LogP contribution in [0.1, 0.15) is 44.1 Å². The average Bonchev–Trinajstić information content (AvgIpc) is 2.64. The number of likely N-dealkylation sites (tertiary alicyclic amines) is 1. The van der Waals surface area contributed by atoms with E-state index in [1.54, 1.807) is 0 Å². The SMILES string of the molecule is CC(C)(C)NC(=O)N1CCC(CNC(=O)c2cnc3ccccc3n2)CC1. The van der Waals surface area contributed by atoms with E-state index in [0.717, 1.165) is 18.4 Å². The van der Waals surface area contributed by atoms with Gasteiger partial charge in [-0.2, -0.15) is 0 Å². The average molecular weight is 369 g/mol. The van der Waals surface area contributed by atoms with E-state index >= 15 is 0 Å². The van der Waals surface area contributed by atoms with E-state index in [1.807, 2.05) is 49.9 Å². The first-order valence-electron chi connectivity index (χ1n) is 9.39. The first-order chi connectivity index (χ1) is 12.8. The van der Waals surface area contributed by atoms with E-state index in [2.05, 4.69) is 20.6 Å². The lowest BCUT2D eigenvalue weighted by Crippen LogP contribution is -2.51. The van der Waals surface area contributed by atoms with Crippen LogP contribution in [0, 0.1) is 5.92 Å². The molecular formula is C20H27N5O2. The molecule has 1 aromatic heterocycles. The van der Waals surface area contributed by atoms with Crippen LogP contribution in [0.2, 0.25) is 0 Å². The third kappa shape index (κ3) is 5.15. The summed E-state index contributed by atoms with van der Waals surface area (Å²) in [5, 5.41) is 5.95. The lowest BCUT2D eigenvalue weighted by molar-refractivity contribution is 0.0932. The van der Waals surface area contributed by atoms with Gasteiger partial charge < -0.3 is 15.5 Å². The van der Waals surface area contributed by atoms with Crippen molar-refractivity contribution in [1.82, 2.24) is 25.5 Å². The fraction of sp³-hybridized carbons (Fsp3) is 0.500. The number of nitrogens with zero attached hydrogens (tertiary/aromatic N) is 3. The molecule has 144 valence electrons. The minimum atomic E-state index is -0.233. The van der Waals surface area contributed by atoms with Crippen LogP contribution in [0.3, 0.4) is 0 Å². The number of carbonyl (C=O) groups is 2. The molecule has 0 aliphatic carbocycles. The number of fused-ring (bicyclic) bond motifs is 1. The largest absolute Gasteiger partial charge is 0.350 e. The van der Waals surface area contributed by atoms with Crippen LogP contribution >= 0.6 is 0 Å². The Hall–Kier alpha value is -2.70. The minimum absolute atomic E-state index is 0.0172. The Labute approximate surface area is 159 Å². The first kappa shape index (κ1) is 19.1. The Kier molecular flexibility index (Phi) is 5.58. The van der Waals surface area contributed by atoms with Gasteiger partial charge in [0.1, 0.15) is 5.69 Å². The zero-order valence-electron chi connectivity index (χ0n) is 16.2. The van der Waals surface area contributed by atoms with Crippen molar-refractivity contribution in [3.05, 3.63) is 36.2 Å². The second kappa shape index (κ2) is 7.90. The maximum Gasteiger partial charge on any atom is 0.317 e. The molecule has 0 bridgehead atoms. The van der Waals surface area contributed by atoms with E-state index in [1.165, 1.54) is 6.20 Å². The Morgan fingerprint density at radius 2 is 1.81 bits per heavy atom.